The first-order chi connectivity index (χ1) is 15.8. The highest BCUT2D eigenvalue weighted by atomic mass is 35.5. The molecule has 0 saturated carbocycles. The van der Waals surface area contributed by atoms with Gasteiger partial charge in [0.15, 0.2) is 5.54 Å². The Morgan fingerprint density at radius 3 is 1.88 bits per heavy atom. The number of carbonyl (C=O) groups is 1. The molecule has 0 aromatic heterocycles. The van der Waals surface area contributed by atoms with Crippen molar-refractivity contribution in [2.24, 2.45) is 0 Å². The minimum Gasteiger partial charge on any atom is -0.364 e. The lowest BCUT2D eigenvalue weighted by Crippen LogP contribution is -2.68. The number of alkyl halides is 3. The normalized spacial score (nSPS) is 23.1. The van der Waals surface area contributed by atoms with Gasteiger partial charge in [-0.05, 0) is 61.5 Å². The van der Waals surface area contributed by atoms with Crippen LogP contribution in [-0.4, -0.2) is 28.6 Å². The zero-order valence-electron chi connectivity index (χ0n) is 17.8. The molecule has 0 radical (unpaired) electrons. The molecular weight excluding hydrogens is 490 g/mol. The summed E-state index contributed by atoms with van der Waals surface area (Å²) in [5.74, 6) is 0. The first kappa shape index (κ1) is 25.4. The summed E-state index contributed by atoms with van der Waals surface area (Å²) in [4.78, 5) is 14.8. The monoisotopic (exact) mass is 507 g/mol. The van der Waals surface area contributed by atoms with Gasteiger partial charge in [0.05, 0.1) is 6.07 Å². The fourth-order valence-corrected chi connectivity index (χ4v) is 4.16. The highest BCUT2D eigenvalue weighted by Gasteiger charge is 2.77. The van der Waals surface area contributed by atoms with E-state index in [1.54, 1.807) is 6.07 Å². The van der Waals surface area contributed by atoms with Gasteiger partial charge in [0.25, 0.3) is 0 Å². The SMILES string of the molecule is C=C/C(=C\C(=C)C#N)C1(O)N(c2ccc(Cl)cc2)C(=O)N(c2ccc(Cl)cc2)[C@@]1(C)C(F)(F)F. The Morgan fingerprint density at radius 1 is 1.06 bits per heavy atom. The van der Waals surface area contributed by atoms with Crippen molar-refractivity contribution in [3.8, 4) is 6.07 Å². The van der Waals surface area contributed by atoms with Crippen LogP contribution in [0, 0.1) is 11.3 Å². The molecule has 1 saturated heterocycles. The lowest BCUT2D eigenvalue weighted by molar-refractivity contribution is -0.215. The van der Waals surface area contributed by atoms with E-state index >= 15 is 0 Å². The topological polar surface area (TPSA) is 67.6 Å². The van der Waals surface area contributed by atoms with Crippen LogP contribution in [0.15, 0.2) is 85.0 Å². The predicted octanol–water partition coefficient (Wildman–Crippen LogP) is 6.64. The van der Waals surface area contributed by atoms with Crippen molar-refractivity contribution in [1.82, 2.24) is 0 Å². The highest BCUT2D eigenvalue weighted by molar-refractivity contribution is 6.31. The Morgan fingerprint density at radius 2 is 1.50 bits per heavy atom. The van der Waals surface area contributed by atoms with Crippen LogP contribution in [0.4, 0.5) is 29.3 Å². The number of anilines is 2. The van der Waals surface area contributed by atoms with Gasteiger partial charge in [-0.1, -0.05) is 42.4 Å². The average Bonchev–Trinajstić information content (AvgIpc) is 2.97. The number of allylic oxidation sites excluding steroid dienone is 2. The number of benzene rings is 2. The van der Waals surface area contributed by atoms with Gasteiger partial charge in [-0.3, -0.25) is 9.80 Å². The Hall–Kier alpha value is -3.25. The maximum atomic E-state index is 14.9. The number of halogens is 5. The molecule has 2 aromatic rings. The van der Waals surface area contributed by atoms with Gasteiger partial charge in [-0.25, -0.2) is 4.79 Å². The Labute approximate surface area is 204 Å². The molecule has 176 valence electrons. The molecule has 1 heterocycles. The smallest absolute Gasteiger partial charge is 0.364 e. The molecule has 0 aliphatic carbocycles. The number of hydrogen-bond acceptors (Lipinski definition) is 3. The summed E-state index contributed by atoms with van der Waals surface area (Å²) in [5, 5.41) is 21.7. The van der Waals surface area contributed by atoms with Crippen molar-refractivity contribution >= 4 is 40.6 Å². The summed E-state index contributed by atoms with van der Waals surface area (Å²) in [6.07, 6.45) is -3.26. The number of carbonyl (C=O) groups excluding carboxylic acids is 1. The quantitative estimate of drug-likeness (QED) is 0.364. The van der Waals surface area contributed by atoms with E-state index in [9.17, 15) is 23.1 Å². The summed E-state index contributed by atoms with van der Waals surface area (Å²) in [7, 11) is 0. The zero-order chi connectivity index (χ0) is 25.5. The molecule has 5 nitrogen and oxygen atoms in total. The molecule has 34 heavy (non-hydrogen) atoms. The minimum atomic E-state index is -5.17. The zero-order valence-corrected chi connectivity index (χ0v) is 19.3. The second kappa shape index (κ2) is 8.84. The van der Waals surface area contributed by atoms with Gasteiger partial charge < -0.3 is 5.11 Å². The molecule has 3 rings (SSSR count). The van der Waals surface area contributed by atoms with Gasteiger partial charge in [-0.15, -0.1) is 0 Å². The van der Waals surface area contributed by atoms with Gasteiger partial charge >= 0.3 is 12.2 Å². The number of nitriles is 1. The van der Waals surface area contributed by atoms with Crippen molar-refractivity contribution in [1.29, 1.82) is 5.26 Å². The molecule has 2 atom stereocenters. The van der Waals surface area contributed by atoms with Crippen LogP contribution >= 0.6 is 23.2 Å². The summed E-state index contributed by atoms with van der Waals surface area (Å²) >= 11 is 11.8. The van der Waals surface area contributed by atoms with E-state index in [0.29, 0.717) is 16.7 Å². The summed E-state index contributed by atoms with van der Waals surface area (Å²) in [6, 6.07) is 11.0. The highest BCUT2D eigenvalue weighted by Crippen LogP contribution is 2.55. The van der Waals surface area contributed by atoms with Crippen molar-refractivity contribution in [3.05, 3.63) is 95.0 Å². The van der Waals surface area contributed by atoms with Crippen LogP contribution in [0.25, 0.3) is 0 Å². The predicted molar refractivity (Wildman–Crippen MR) is 126 cm³/mol. The standard InChI is InChI=1S/C24H18Cl2F3N3O2/c1-4-16(13-15(2)14-30)23(34)22(3,24(27,28)29)31(19-9-5-17(25)6-10-19)21(33)32(23)20-11-7-18(26)8-12-20/h4-13,34H,1-2H2,3H3/b16-13+/t22-,23?/m1/s1. The first-order valence-corrected chi connectivity index (χ1v) is 10.5. The molecule has 2 aromatic carbocycles. The number of urea groups is 1. The van der Waals surface area contributed by atoms with Gasteiger partial charge in [-0.2, -0.15) is 18.4 Å². The Bertz CT molecular complexity index is 1220. The number of aliphatic hydroxyl groups is 1. The van der Waals surface area contributed by atoms with Crippen molar-refractivity contribution in [2.45, 2.75) is 24.4 Å². The summed E-state index contributed by atoms with van der Waals surface area (Å²) in [6.45, 7) is 7.68. The second-order valence-electron chi connectivity index (χ2n) is 7.59. The van der Waals surface area contributed by atoms with Crippen LogP contribution < -0.4 is 9.80 Å². The molecular formula is C24H18Cl2F3N3O2. The fourth-order valence-electron chi connectivity index (χ4n) is 3.91. The Balaban J connectivity index is 2.45. The molecule has 1 aliphatic rings. The minimum absolute atomic E-state index is 0.0702. The molecule has 2 amide bonds. The molecule has 1 unspecified atom stereocenters. The van der Waals surface area contributed by atoms with E-state index in [2.05, 4.69) is 13.2 Å². The largest absolute Gasteiger partial charge is 0.416 e. The van der Waals surface area contributed by atoms with Crippen molar-refractivity contribution < 1.29 is 23.1 Å². The van der Waals surface area contributed by atoms with Crippen LogP contribution in [-0.2, 0) is 0 Å². The third-order valence-corrected chi connectivity index (χ3v) is 6.15. The molecule has 1 fully saturated rings. The van der Waals surface area contributed by atoms with E-state index in [1.807, 2.05) is 0 Å². The van der Waals surface area contributed by atoms with Gasteiger partial charge in [0, 0.05) is 32.6 Å². The van der Waals surface area contributed by atoms with E-state index in [1.165, 1.54) is 48.5 Å². The fraction of sp³-hybridized carbons (Fsp3) is 0.167. The number of rotatable bonds is 5. The lowest BCUT2D eigenvalue weighted by atomic mass is 9.80. The van der Waals surface area contributed by atoms with Gasteiger partial charge in [0.1, 0.15) is 0 Å². The third-order valence-electron chi connectivity index (χ3n) is 5.65. The van der Waals surface area contributed by atoms with Gasteiger partial charge in [0.2, 0.25) is 5.72 Å². The number of nitrogens with zero attached hydrogens (tertiary/aromatic N) is 3. The molecule has 1 N–H and O–H groups in total. The van der Waals surface area contributed by atoms with E-state index in [0.717, 1.165) is 12.2 Å². The van der Waals surface area contributed by atoms with Crippen molar-refractivity contribution in [2.75, 3.05) is 9.80 Å². The van der Waals surface area contributed by atoms with Crippen LogP contribution in [0.1, 0.15) is 6.92 Å². The molecule has 0 spiro atoms. The third kappa shape index (κ3) is 3.76. The van der Waals surface area contributed by atoms with Crippen LogP contribution in [0.3, 0.4) is 0 Å². The van der Waals surface area contributed by atoms with E-state index in [4.69, 9.17) is 28.5 Å². The average molecular weight is 508 g/mol. The molecule has 0 bridgehead atoms. The van der Waals surface area contributed by atoms with Crippen LogP contribution in [0.2, 0.25) is 10.0 Å². The van der Waals surface area contributed by atoms with E-state index in [-0.39, 0.29) is 27.0 Å². The molecule has 1 aliphatic heterocycles. The second-order valence-corrected chi connectivity index (χ2v) is 8.46. The Kier molecular flexibility index (Phi) is 6.60. The maximum absolute atomic E-state index is 14.9. The van der Waals surface area contributed by atoms with Crippen LogP contribution in [0.5, 0.6) is 0 Å². The van der Waals surface area contributed by atoms with E-state index < -0.39 is 29.0 Å². The number of hydrogen-bond donors (Lipinski definition) is 1. The summed E-state index contributed by atoms with van der Waals surface area (Å²) in [5.41, 5.74) is -7.26. The lowest BCUT2D eigenvalue weighted by Gasteiger charge is -2.46. The summed E-state index contributed by atoms with van der Waals surface area (Å²) < 4.78 is 44.8. The molecule has 10 heteroatoms. The van der Waals surface area contributed by atoms with Crippen molar-refractivity contribution in [3.63, 3.8) is 0 Å². The number of amides is 2. The maximum Gasteiger partial charge on any atom is 0.416 e. The first-order valence-electron chi connectivity index (χ1n) is 9.71.